The monoisotopic (exact) mass is 391 g/mol. The van der Waals surface area contributed by atoms with Crippen LogP contribution in [0.4, 0.5) is 0 Å². The molecule has 2 aromatic carbocycles. The second-order valence-electron chi connectivity index (χ2n) is 6.66. The zero-order chi connectivity index (χ0) is 19.5. The molecule has 0 saturated heterocycles. The van der Waals surface area contributed by atoms with Crippen molar-refractivity contribution in [2.24, 2.45) is 0 Å². The predicted molar refractivity (Wildman–Crippen MR) is 113 cm³/mol. The summed E-state index contributed by atoms with van der Waals surface area (Å²) in [5.74, 6) is 0.156. The third kappa shape index (κ3) is 3.72. The number of thiophene rings is 1. The number of fused-ring (bicyclic) bond motifs is 1. The van der Waals surface area contributed by atoms with E-state index in [9.17, 15) is 9.90 Å². The van der Waals surface area contributed by atoms with Gasteiger partial charge in [-0.05, 0) is 40.6 Å². The van der Waals surface area contributed by atoms with E-state index in [-0.39, 0.29) is 11.8 Å². The number of hydrogen-bond donors (Lipinski definition) is 2. The van der Waals surface area contributed by atoms with Crippen LogP contribution in [-0.2, 0) is 13.0 Å². The molecular formula is C23H21NO3S. The summed E-state index contributed by atoms with van der Waals surface area (Å²) >= 11 is 1.70. The van der Waals surface area contributed by atoms with Gasteiger partial charge in [0.1, 0.15) is 11.3 Å². The summed E-state index contributed by atoms with van der Waals surface area (Å²) in [6.45, 7) is 2.49. The van der Waals surface area contributed by atoms with Crippen molar-refractivity contribution in [2.45, 2.75) is 25.9 Å². The molecule has 4 rings (SSSR count). The van der Waals surface area contributed by atoms with E-state index >= 15 is 0 Å². The molecular weight excluding hydrogens is 370 g/mol. The molecule has 0 amide bonds. The largest absolute Gasteiger partial charge is 0.508 e. The van der Waals surface area contributed by atoms with Gasteiger partial charge in [-0.2, -0.15) is 0 Å². The molecule has 2 aromatic heterocycles. The zero-order valence-electron chi connectivity index (χ0n) is 15.5. The number of benzene rings is 2. The molecule has 2 N–H and O–H groups in total. The minimum Gasteiger partial charge on any atom is -0.508 e. The summed E-state index contributed by atoms with van der Waals surface area (Å²) in [7, 11) is 0. The summed E-state index contributed by atoms with van der Waals surface area (Å²) in [4.78, 5) is 13.3. The van der Waals surface area contributed by atoms with E-state index in [0.29, 0.717) is 18.5 Å². The molecule has 0 aliphatic heterocycles. The van der Waals surface area contributed by atoms with Crippen LogP contribution in [0.1, 0.15) is 34.5 Å². The molecule has 0 aliphatic rings. The van der Waals surface area contributed by atoms with Crippen molar-refractivity contribution in [3.8, 4) is 5.75 Å². The maximum absolute atomic E-state index is 12.0. The molecule has 0 bridgehead atoms. The van der Waals surface area contributed by atoms with Crippen LogP contribution in [0.25, 0.3) is 11.0 Å². The van der Waals surface area contributed by atoms with Crippen molar-refractivity contribution >= 4 is 22.3 Å². The van der Waals surface area contributed by atoms with Gasteiger partial charge in [-0.3, -0.25) is 0 Å². The van der Waals surface area contributed by atoms with E-state index in [1.54, 1.807) is 11.3 Å². The van der Waals surface area contributed by atoms with Crippen LogP contribution < -0.4 is 10.9 Å². The molecule has 0 unspecified atom stereocenters. The first-order valence-electron chi connectivity index (χ1n) is 9.26. The SMILES string of the molecule is CCc1cc2c(CN[C@H](c3ccccc3)c3cccs3)cc(=O)oc2cc1O. The fourth-order valence-corrected chi connectivity index (χ4v) is 4.26. The molecule has 2 heterocycles. The Balaban J connectivity index is 1.71. The quantitative estimate of drug-likeness (QED) is 0.454. The van der Waals surface area contributed by atoms with Crippen LogP contribution in [0.3, 0.4) is 0 Å². The molecule has 0 spiro atoms. The standard InChI is InChI=1S/C23H21NO3S/c1-2-15-11-18-17(12-22(26)27-20(18)13-19(15)25)14-24-23(21-9-6-10-28-21)16-7-4-3-5-8-16/h3-13,23-25H,2,14H2,1H3/t23-/m1/s1. The molecule has 4 aromatic rings. The van der Waals surface area contributed by atoms with E-state index in [2.05, 4.69) is 28.9 Å². The van der Waals surface area contributed by atoms with Gasteiger partial charge in [0.05, 0.1) is 6.04 Å². The molecule has 28 heavy (non-hydrogen) atoms. The Labute approximate surface area is 167 Å². The second-order valence-corrected chi connectivity index (χ2v) is 7.64. The Hall–Kier alpha value is -2.89. The Bertz CT molecular complexity index is 1130. The number of phenols is 1. The van der Waals surface area contributed by atoms with Crippen LogP contribution >= 0.6 is 11.3 Å². The van der Waals surface area contributed by atoms with Crippen LogP contribution in [0.15, 0.2) is 75.3 Å². The first-order valence-corrected chi connectivity index (χ1v) is 10.1. The highest BCUT2D eigenvalue weighted by Gasteiger charge is 2.16. The minimum absolute atomic E-state index is 0.0336. The molecule has 0 saturated carbocycles. The second kappa shape index (κ2) is 8.00. The first-order chi connectivity index (χ1) is 13.7. The van der Waals surface area contributed by atoms with Crippen molar-refractivity contribution < 1.29 is 9.52 Å². The van der Waals surface area contributed by atoms with E-state index in [1.807, 2.05) is 37.3 Å². The lowest BCUT2D eigenvalue weighted by atomic mass is 10.0. The van der Waals surface area contributed by atoms with E-state index in [1.165, 1.54) is 22.6 Å². The van der Waals surface area contributed by atoms with E-state index in [4.69, 9.17) is 4.42 Å². The zero-order valence-corrected chi connectivity index (χ0v) is 16.3. The van der Waals surface area contributed by atoms with Crippen LogP contribution in [0.2, 0.25) is 0 Å². The smallest absolute Gasteiger partial charge is 0.336 e. The normalized spacial score (nSPS) is 12.3. The topological polar surface area (TPSA) is 62.5 Å². The van der Waals surface area contributed by atoms with Crippen LogP contribution in [0, 0.1) is 0 Å². The third-order valence-electron chi connectivity index (χ3n) is 4.87. The third-order valence-corrected chi connectivity index (χ3v) is 5.80. The summed E-state index contributed by atoms with van der Waals surface area (Å²) in [5.41, 5.74) is 2.86. The van der Waals surface area contributed by atoms with Gasteiger partial charge in [0, 0.05) is 28.9 Å². The summed E-state index contributed by atoms with van der Waals surface area (Å²) in [6, 6.07) is 19.4. The highest BCUT2D eigenvalue weighted by molar-refractivity contribution is 7.10. The molecule has 0 radical (unpaired) electrons. The van der Waals surface area contributed by atoms with Crippen molar-refractivity contribution in [2.75, 3.05) is 0 Å². The molecule has 0 aliphatic carbocycles. The van der Waals surface area contributed by atoms with Gasteiger partial charge in [0.15, 0.2) is 0 Å². The number of hydrogen-bond acceptors (Lipinski definition) is 5. The van der Waals surface area contributed by atoms with Gasteiger partial charge in [-0.1, -0.05) is 43.3 Å². The number of nitrogens with one attached hydrogen (secondary N) is 1. The lowest BCUT2D eigenvalue weighted by molar-refractivity contribution is 0.466. The predicted octanol–water partition coefficient (Wildman–Crippen LogP) is 5.00. The molecule has 142 valence electrons. The Morgan fingerprint density at radius 2 is 1.89 bits per heavy atom. The van der Waals surface area contributed by atoms with Gasteiger partial charge >= 0.3 is 5.63 Å². The maximum atomic E-state index is 12.0. The van der Waals surface area contributed by atoms with Gasteiger partial charge in [-0.15, -0.1) is 11.3 Å². The Kier molecular flexibility index (Phi) is 5.28. The highest BCUT2D eigenvalue weighted by atomic mass is 32.1. The fourth-order valence-electron chi connectivity index (χ4n) is 3.43. The van der Waals surface area contributed by atoms with E-state index < -0.39 is 5.63 Å². The van der Waals surface area contributed by atoms with Crippen molar-refractivity contribution in [3.63, 3.8) is 0 Å². The number of rotatable bonds is 6. The number of aryl methyl sites for hydroxylation is 1. The fraction of sp³-hybridized carbons (Fsp3) is 0.174. The van der Waals surface area contributed by atoms with Crippen molar-refractivity contribution in [3.05, 3.63) is 98.0 Å². The van der Waals surface area contributed by atoms with E-state index in [0.717, 1.165) is 16.5 Å². The number of aromatic hydroxyl groups is 1. The molecule has 1 atom stereocenters. The molecule has 4 nitrogen and oxygen atoms in total. The van der Waals surface area contributed by atoms with Gasteiger partial charge < -0.3 is 14.8 Å². The average Bonchev–Trinajstić information content (AvgIpc) is 3.23. The van der Waals surface area contributed by atoms with Crippen molar-refractivity contribution in [1.82, 2.24) is 5.32 Å². The Morgan fingerprint density at radius 1 is 1.07 bits per heavy atom. The van der Waals surface area contributed by atoms with Gasteiger partial charge in [-0.25, -0.2) is 4.79 Å². The lowest BCUT2D eigenvalue weighted by Gasteiger charge is -2.19. The summed E-state index contributed by atoms with van der Waals surface area (Å²) < 4.78 is 5.31. The lowest BCUT2D eigenvalue weighted by Crippen LogP contribution is -2.22. The summed E-state index contributed by atoms with van der Waals surface area (Å²) in [5, 5.41) is 16.6. The first kappa shape index (κ1) is 18.5. The maximum Gasteiger partial charge on any atom is 0.336 e. The average molecular weight is 391 g/mol. The van der Waals surface area contributed by atoms with Gasteiger partial charge in [0.2, 0.25) is 0 Å². The van der Waals surface area contributed by atoms with Crippen molar-refractivity contribution in [1.29, 1.82) is 0 Å². The summed E-state index contributed by atoms with van der Waals surface area (Å²) in [6.07, 6.45) is 0.704. The molecule has 0 fully saturated rings. The van der Waals surface area contributed by atoms with Crippen LogP contribution in [-0.4, -0.2) is 5.11 Å². The number of phenolic OH excluding ortho intramolecular Hbond substituents is 1. The minimum atomic E-state index is -0.416. The highest BCUT2D eigenvalue weighted by Crippen LogP contribution is 2.29. The van der Waals surface area contributed by atoms with Crippen LogP contribution in [0.5, 0.6) is 5.75 Å². The molecule has 5 heteroatoms. The van der Waals surface area contributed by atoms with Gasteiger partial charge in [0.25, 0.3) is 0 Å². The Morgan fingerprint density at radius 3 is 2.61 bits per heavy atom.